The summed E-state index contributed by atoms with van der Waals surface area (Å²) in [5.41, 5.74) is 2.44. The number of piperidine rings is 1. The van der Waals surface area contributed by atoms with Crippen LogP contribution in [0.4, 0.5) is 0 Å². The number of carbonyl (C=O) groups excluding carboxylic acids is 2. The first-order valence-electron chi connectivity index (χ1n) is 11.2. The van der Waals surface area contributed by atoms with Crippen molar-refractivity contribution in [2.45, 2.75) is 45.6 Å². The van der Waals surface area contributed by atoms with Crippen LogP contribution >= 0.6 is 0 Å². The molecule has 2 heterocycles. The maximum Gasteiger partial charge on any atom is 0.236 e. The number of carbonyl (C=O) groups is 2. The van der Waals surface area contributed by atoms with Gasteiger partial charge < -0.3 is 10.2 Å². The summed E-state index contributed by atoms with van der Waals surface area (Å²) in [6.45, 7) is 10.3. The largest absolute Gasteiger partial charge is 0.348 e. The molecule has 0 aromatic heterocycles. The molecular formula is C23H36N4O2. The lowest BCUT2D eigenvalue weighted by Crippen LogP contribution is -2.52. The fraction of sp³-hybridized carbons (Fsp3) is 0.652. The van der Waals surface area contributed by atoms with Gasteiger partial charge in [-0.3, -0.25) is 19.4 Å². The number of nitrogens with zero attached hydrogens (tertiary/aromatic N) is 3. The van der Waals surface area contributed by atoms with Crippen LogP contribution in [0, 0.1) is 0 Å². The van der Waals surface area contributed by atoms with Gasteiger partial charge in [-0.1, -0.05) is 31.2 Å². The zero-order valence-electron chi connectivity index (χ0n) is 18.0. The van der Waals surface area contributed by atoms with Crippen molar-refractivity contribution in [2.75, 3.05) is 52.4 Å². The van der Waals surface area contributed by atoms with E-state index in [2.05, 4.69) is 46.3 Å². The molecular weight excluding hydrogens is 364 g/mol. The van der Waals surface area contributed by atoms with Gasteiger partial charge >= 0.3 is 0 Å². The minimum absolute atomic E-state index is 0.0110. The van der Waals surface area contributed by atoms with E-state index >= 15 is 0 Å². The molecule has 2 saturated heterocycles. The second-order valence-corrected chi connectivity index (χ2v) is 8.38. The number of likely N-dealkylation sites (tertiary alicyclic amines) is 1. The fourth-order valence-electron chi connectivity index (χ4n) is 4.16. The standard InChI is InChI=1S/C23H36N4O2/c1-3-20-7-9-21(10-8-20)19(2)24-22(28)17-25-13-15-26(16-14-25)18-23(29)27-11-5-4-6-12-27/h7-10,19H,3-6,11-18H2,1-2H3,(H,24,28). The molecule has 3 rings (SSSR count). The Morgan fingerprint density at radius 3 is 2.07 bits per heavy atom. The van der Waals surface area contributed by atoms with Crippen molar-refractivity contribution in [1.82, 2.24) is 20.0 Å². The SMILES string of the molecule is CCc1ccc(C(C)NC(=O)CN2CCN(CC(=O)N3CCCCC3)CC2)cc1. The Bertz CT molecular complexity index is 662. The maximum absolute atomic E-state index is 12.5. The van der Waals surface area contributed by atoms with Gasteiger partial charge in [0.25, 0.3) is 0 Å². The van der Waals surface area contributed by atoms with Crippen molar-refractivity contribution in [3.63, 3.8) is 0 Å². The molecule has 2 aliphatic rings. The Hall–Kier alpha value is -1.92. The average molecular weight is 401 g/mol. The number of benzene rings is 1. The Morgan fingerprint density at radius 1 is 0.897 bits per heavy atom. The van der Waals surface area contributed by atoms with E-state index in [9.17, 15) is 9.59 Å². The highest BCUT2D eigenvalue weighted by atomic mass is 16.2. The van der Waals surface area contributed by atoms with Crippen molar-refractivity contribution in [2.24, 2.45) is 0 Å². The van der Waals surface area contributed by atoms with E-state index in [1.165, 1.54) is 12.0 Å². The highest BCUT2D eigenvalue weighted by Crippen LogP contribution is 2.14. The van der Waals surface area contributed by atoms with Gasteiger partial charge in [-0.05, 0) is 43.7 Å². The molecule has 2 aliphatic heterocycles. The first kappa shape index (κ1) is 21.8. The van der Waals surface area contributed by atoms with E-state index in [0.29, 0.717) is 13.1 Å². The molecule has 1 N–H and O–H groups in total. The predicted molar refractivity (Wildman–Crippen MR) is 116 cm³/mol. The van der Waals surface area contributed by atoms with Crippen LogP contribution in [0.2, 0.25) is 0 Å². The molecule has 2 fully saturated rings. The quantitative estimate of drug-likeness (QED) is 0.761. The maximum atomic E-state index is 12.5. The molecule has 1 unspecified atom stereocenters. The number of piperazine rings is 1. The van der Waals surface area contributed by atoms with Gasteiger partial charge in [-0.2, -0.15) is 0 Å². The Morgan fingerprint density at radius 2 is 1.48 bits per heavy atom. The number of hydrogen-bond acceptors (Lipinski definition) is 4. The van der Waals surface area contributed by atoms with E-state index < -0.39 is 0 Å². The van der Waals surface area contributed by atoms with Crippen LogP contribution in [-0.4, -0.2) is 78.9 Å². The summed E-state index contributed by atoms with van der Waals surface area (Å²) in [7, 11) is 0. The number of hydrogen-bond donors (Lipinski definition) is 1. The molecule has 2 amide bonds. The third kappa shape index (κ3) is 6.54. The van der Waals surface area contributed by atoms with Crippen LogP contribution in [0.3, 0.4) is 0 Å². The second kappa shape index (κ2) is 10.7. The summed E-state index contributed by atoms with van der Waals surface area (Å²) in [5.74, 6) is 0.328. The Labute approximate surface area is 175 Å². The van der Waals surface area contributed by atoms with Crippen LogP contribution < -0.4 is 5.32 Å². The van der Waals surface area contributed by atoms with Crippen molar-refractivity contribution in [3.05, 3.63) is 35.4 Å². The lowest BCUT2D eigenvalue weighted by molar-refractivity contribution is -0.134. The summed E-state index contributed by atoms with van der Waals surface area (Å²) in [6.07, 6.45) is 4.54. The summed E-state index contributed by atoms with van der Waals surface area (Å²) in [4.78, 5) is 31.3. The van der Waals surface area contributed by atoms with Gasteiger partial charge in [0.15, 0.2) is 0 Å². The lowest BCUT2D eigenvalue weighted by atomic mass is 10.1. The monoisotopic (exact) mass is 400 g/mol. The minimum Gasteiger partial charge on any atom is -0.348 e. The molecule has 6 heteroatoms. The normalized spacial score (nSPS) is 19.7. The lowest BCUT2D eigenvalue weighted by Gasteiger charge is -2.35. The second-order valence-electron chi connectivity index (χ2n) is 8.38. The molecule has 0 spiro atoms. The van der Waals surface area contributed by atoms with Crippen LogP contribution in [0.5, 0.6) is 0 Å². The number of aryl methyl sites for hydroxylation is 1. The highest BCUT2D eigenvalue weighted by Gasteiger charge is 2.24. The number of amides is 2. The van der Waals surface area contributed by atoms with Crippen molar-refractivity contribution in [1.29, 1.82) is 0 Å². The van der Waals surface area contributed by atoms with Gasteiger partial charge in [0, 0.05) is 39.3 Å². The van der Waals surface area contributed by atoms with Crippen molar-refractivity contribution >= 4 is 11.8 Å². The predicted octanol–water partition coefficient (Wildman–Crippen LogP) is 2.06. The molecule has 29 heavy (non-hydrogen) atoms. The molecule has 0 bridgehead atoms. The third-order valence-corrected chi connectivity index (χ3v) is 6.17. The highest BCUT2D eigenvalue weighted by molar-refractivity contribution is 5.79. The van der Waals surface area contributed by atoms with Gasteiger partial charge in [0.05, 0.1) is 19.1 Å². The van der Waals surface area contributed by atoms with E-state index in [1.807, 2.05) is 11.8 Å². The zero-order chi connectivity index (χ0) is 20.6. The molecule has 0 saturated carbocycles. The number of rotatable bonds is 7. The molecule has 160 valence electrons. The first-order valence-corrected chi connectivity index (χ1v) is 11.2. The van der Waals surface area contributed by atoms with Crippen molar-refractivity contribution < 1.29 is 9.59 Å². The van der Waals surface area contributed by atoms with Gasteiger partial charge in [0.2, 0.25) is 11.8 Å². The van der Waals surface area contributed by atoms with E-state index in [0.717, 1.165) is 64.1 Å². The Kier molecular flexibility index (Phi) is 8.07. The van der Waals surface area contributed by atoms with Crippen molar-refractivity contribution in [3.8, 4) is 0 Å². The fourth-order valence-corrected chi connectivity index (χ4v) is 4.16. The first-order chi connectivity index (χ1) is 14.0. The Balaban J connectivity index is 1.37. The third-order valence-electron chi connectivity index (χ3n) is 6.17. The summed E-state index contributed by atoms with van der Waals surface area (Å²) in [6, 6.07) is 8.46. The van der Waals surface area contributed by atoms with Crippen LogP contribution in [0.1, 0.15) is 50.3 Å². The molecule has 1 aromatic rings. The molecule has 6 nitrogen and oxygen atoms in total. The molecule has 0 radical (unpaired) electrons. The van der Waals surface area contributed by atoms with Crippen LogP contribution in [-0.2, 0) is 16.0 Å². The minimum atomic E-state index is 0.0110. The van der Waals surface area contributed by atoms with Gasteiger partial charge in [0.1, 0.15) is 0 Å². The summed E-state index contributed by atoms with van der Waals surface area (Å²) in [5, 5.41) is 3.11. The summed E-state index contributed by atoms with van der Waals surface area (Å²) >= 11 is 0. The molecule has 1 atom stereocenters. The van der Waals surface area contributed by atoms with E-state index in [4.69, 9.17) is 0 Å². The molecule has 1 aromatic carbocycles. The van der Waals surface area contributed by atoms with Crippen LogP contribution in [0.15, 0.2) is 24.3 Å². The summed E-state index contributed by atoms with van der Waals surface area (Å²) < 4.78 is 0. The topological polar surface area (TPSA) is 55.9 Å². The van der Waals surface area contributed by atoms with E-state index in [-0.39, 0.29) is 17.9 Å². The van der Waals surface area contributed by atoms with Gasteiger partial charge in [-0.25, -0.2) is 0 Å². The zero-order valence-corrected chi connectivity index (χ0v) is 18.0. The van der Waals surface area contributed by atoms with Crippen LogP contribution in [0.25, 0.3) is 0 Å². The average Bonchev–Trinajstić information content (AvgIpc) is 2.75. The molecule has 0 aliphatic carbocycles. The van der Waals surface area contributed by atoms with Gasteiger partial charge in [-0.15, -0.1) is 0 Å². The number of nitrogens with one attached hydrogen (secondary N) is 1. The van der Waals surface area contributed by atoms with E-state index in [1.54, 1.807) is 0 Å². The smallest absolute Gasteiger partial charge is 0.236 e.